The molecule has 0 saturated heterocycles. The standard InChI is InChI=1S/C20H22FN3O6S/c1-13(25)22-14-4-6-16(21)17(10-14)23-20(26)12-24(2)31(27,28)15-5-7-18-19(11-15)30-9-3-8-29-18/h4-7,10-11H,3,8-9,12H2,1-2H3,(H,22,25)(H,23,26). The summed E-state index contributed by atoms with van der Waals surface area (Å²) in [6, 6.07) is 7.89. The van der Waals surface area contributed by atoms with Crippen LogP contribution in [0, 0.1) is 5.82 Å². The average Bonchev–Trinajstić information content (AvgIpc) is 2.94. The fourth-order valence-corrected chi connectivity index (χ4v) is 4.01. The van der Waals surface area contributed by atoms with Crippen LogP contribution < -0.4 is 20.1 Å². The van der Waals surface area contributed by atoms with E-state index in [1.165, 1.54) is 44.3 Å². The smallest absolute Gasteiger partial charge is 0.243 e. The minimum absolute atomic E-state index is 0.0640. The molecule has 2 aromatic rings. The van der Waals surface area contributed by atoms with Crippen molar-refractivity contribution < 1.29 is 31.9 Å². The van der Waals surface area contributed by atoms with Crippen LogP contribution in [0.3, 0.4) is 0 Å². The number of nitrogens with zero attached hydrogens (tertiary/aromatic N) is 1. The Morgan fingerprint density at radius 2 is 1.77 bits per heavy atom. The van der Waals surface area contributed by atoms with Gasteiger partial charge in [-0.15, -0.1) is 0 Å². The van der Waals surface area contributed by atoms with Gasteiger partial charge in [-0.1, -0.05) is 0 Å². The maximum absolute atomic E-state index is 14.0. The third kappa shape index (κ3) is 5.50. The Balaban J connectivity index is 1.72. The number of carbonyl (C=O) groups excluding carboxylic acids is 2. The number of nitrogens with one attached hydrogen (secondary N) is 2. The number of sulfonamides is 1. The normalized spacial score (nSPS) is 13.4. The van der Waals surface area contributed by atoms with Crippen molar-refractivity contribution in [2.75, 3.05) is 37.4 Å². The lowest BCUT2D eigenvalue weighted by Crippen LogP contribution is -2.35. The predicted molar refractivity (Wildman–Crippen MR) is 111 cm³/mol. The summed E-state index contributed by atoms with van der Waals surface area (Å²) in [5.74, 6) is -1.07. The van der Waals surface area contributed by atoms with E-state index >= 15 is 0 Å². The molecule has 1 aliphatic heterocycles. The van der Waals surface area contributed by atoms with Crippen molar-refractivity contribution >= 4 is 33.2 Å². The van der Waals surface area contributed by atoms with E-state index in [1.54, 1.807) is 0 Å². The van der Waals surface area contributed by atoms with Crippen molar-refractivity contribution in [1.82, 2.24) is 4.31 Å². The Bertz CT molecular complexity index is 1110. The van der Waals surface area contributed by atoms with Crippen LogP contribution in [0.1, 0.15) is 13.3 Å². The van der Waals surface area contributed by atoms with Gasteiger partial charge >= 0.3 is 0 Å². The Kier molecular flexibility index (Phi) is 6.76. The first-order chi connectivity index (χ1) is 14.7. The molecule has 0 fully saturated rings. The monoisotopic (exact) mass is 451 g/mol. The summed E-state index contributed by atoms with van der Waals surface area (Å²) in [4.78, 5) is 23.4. The summed E-state index contributed by atoms with van der Waals surface area (Å²) in [6.45, 7) is 1.61. The molecule has 0 aromatic heterocycles. The van der Waals surface area contributed by atoms with Crippen molar-refractivity contribution in [1.29, 1.82) is 0 Å². The van der Waals surface area contributed by atoms with Crippen LogP contribution in [0.4, 0.5) is 15.8 Å². The largest absolute Gasteiger partial charge is 0.490 e. The Labute approximate surface area is 179 Å². The summed E-state index contributed by atoms with van der Waals surface area (Å²) in [5.41, 5.74) is 0.106. The number of benzene rings is 2. The van der Waals surface area contributed by atoms with Crippen LogP contribution >= 0.6 is 0 Å². The maximum Gasteiger partial charge on any atom is 0.243 e. The first-order valence-electron chi connectivity index (χ1n) is 9.40. The first-order valence-corrected chi connectivity index (χ1v) is 10.8. The molecule has 1 aliphatic rings. The first kappa shape index (κ1) is 22.5. The molecular weight excluding hydrogens is 429 g/mol. The number of amides is 2. The highest BCUT2D eigenvalue weighted by atomic mass is 32.2. The van der Waals surface area contributed by atoms with E-state index in [9.17, 15) is 22.4 Å². The number of halogens is 1. The van der Waals surface area contributed by atoms with E-state index in [1.807, 2.05) is 0 Å². The number of hydrogen-bond donors (Lipinski definition) is 2. The van der Waals surface area contributed by atoms with Crippen molar-refractivity contribution in [2.24, 2.45) is 0 Å². The SMILES string of the molecule is CC(=O)Nc1ccc(F)c(NC(=O)CN(C)S(=O)(=O)c2ccc3c(c2)OCCCO3)c1. The Morgan fingerprint density at radius 3 is 2.48 bits per heavy atom. The van der Waals surface area contributed by atoms with Crippen LogP contribution in [-0.4, -0.2) is 51.3 Å². The molecule has 0 radical (unpaired) electrons. The third-order valence-corrected chi connectivity index (χ3v) is 6.15. The molecule has 2 N–H and O–H groups in total. The molecule has 3 rings (SSSR count). The third-order valence-electron chi connectivity index (χ3n) is 4.35. The summed E-state index contributed by atoms with van der Waals surface area (Å²) >= 11 is 0. The van der Waals surface area contributed by atoms with Gasteiger partial charge in [0.25, 0.3) is 0 Å². The van der Waals surface area contributed by atoms with Gasteiger partial charge in [0, 0.05) is 32.1 Å². The van der Waals surface area contributed by atoms with Gasteiger partial charge < -0.3 is 20.1 Å². The van der Waals surface area contributed by atoms with E-state index in [4.69, 9.17) is 9.47 Å². The lowest BCUT2D eigenvalue weighted by molar-refractivity contribution is -0.116. The molecule has 2 aromatic carbocycles. The van der Waals surface area contributed by atoms with Gasteiger partial charge in [-0.25, -0.2) is 12.8 Å². The minimum atomic E-state index is -4.02. The van der Waals surface area contributed by atoms with Crippen LogP contribution in [0.2, 0.25) is 0 Å². The molecule has 0 aliphatic carbocycles. The Morgan fingerprint density at radius 1 is 1.06 bits per heavy atom. The fraction of sp³-hybridized carbons (Fsp3) is 0.300. The molecule has 166 valence electrons. The van der Waals surface area contributed by atoms with Crippen molar-refractivity contribution in [3.63, 3.8) is 0 Å². The van der Waals surface area contributed by atoms with Gasteiger partial charge in [-0.2, -0.15) is 4.31 Å². The summed E-state index contributed by atoms with van der Waals surface area (Å²) in [6.07, 6.45) is 0.677. The van der Waals surface area contributed by atoms with E-state index in [0.29, 0.717) is 31.1 Å². The number of rotatable bonds is 6. The number of hydrogen-bond acceptors (Lipinski definition) is 6. The van der Waals surface area contributed by atoms with Gasteiger partial charge in [0.2, 0.25) is 21.8 Å². The highest BCUT2D eigenvalue weighted by Gasteiger charge is 2.25. The molecule has 1 heterocycles. The summed E-state index contributed by atoms with van der Waals surface area (Å²) < 4.78 is 51.6. The van der Waals surface area contributed by atoms with E-state index in [0.717, 1.165) is 10.4 Å². The molecule has 0 bridgehead atoms. The number of carbonyl (C=O) groups is 2. The van der Waals surface area contributed by atoms with E-state index in [-0.39, 0.29) is 22.2 Å². The molecule has 0 unspecified atom stereocenters. The molecule has 0 saturated carbocycles. The average molecular weight is 451 g/mol. The number of likely N-dealkylation sites (N-methyl/N-ethyl adjacent to an activating group) is 1. The minimum Gasteiger partial charge on any atom is -0.490 e. The zero-order valence-corrected chi connectivity index (χ0v) is 17.8. The zero-order chi connectivity index (χ0) is 22.6. The second-order valence-corrected chi connectivity index (χ2v) is 8.89. The number of anilines is 2. The highest BCUT2D eigenvalue weighted by molar-refractivity contribution is 7.89. The van der Waals surface area contributed by atoms with Gasteiger partial charge in [0.05, 0.1) is 30.3 Å². The topological polar surface area (TPSA) is 114 Å². The summed E-state index contributed by atoms with van der Waals surface area (Å²) in [5, 5.41) is 4.80. The predicted octanol–water partition coefficient (Wildman–Crippen LogP) is 2.20. The van der Waals surface area contributed by atoms with Crippen molar-refractivity contribution in [3.05, 3.63) is 42.2 Å². The molecule has 0 spiro atoms. The van der Waals surface area contributed by atoms with Crippen molar-refractivity contribution in [3.8, 4) is 11.5 Å². The maximum atomic E-state index is 14.0. The van der Waals surface area contributed by atoms with E-state index in [2.05, 4.69) is 10.6 Å². The fourth-order valence-electron chi connectivity index (χ4n) is 2.86. The van der Waals surface area contributed by atoms with Crippen molar-refractivity contribution in [2.45, 2.75) is 18.2 Å². The lowest BCUT2D eigenvalue weighted by Gasteiger charge is -2.18. The van der Waals surface area contributed by atoms with E-state index < -0.39 is 28.3 Å². The molecule has 11 heteroatoms. The van der Waals surface area contributed by atoms with Crippen LogP contribution in [0.5, 0.6) is 11.5 Å². The van der Waals surface area contributed by atoms with Gasteiger partial charge in [0.15, 0.2) is 11.5 Å². The second kappa shape index (κ2) is 9.31. The van der Waals surface area contributed by atoms with Crippen LogP contribution in [0.25, 0.3) is 0 Å². The van der Waals surface area contributed by atoms with Crippen LogP contribution in [-0.2, 0) is 19.6 Å². The number of fused-ring (bicyclic) bond motifs is 1. The summed E-state index contributed by atoms with van der Waals surface area (Å²) in [7, 11) is -2.78. The lowest BCUT2D eigenvalue weighted by atomic mass is 10.2. The van der Waals surface area contributed by atoms with Gasteiger partial charge in [-0.05, 0) is 30.3 Å². The number of ether oxygens (including phenoxy) is 2. The zero-order valence-electron chi connectivity index (χ0n) is 17.0. The van der Waals surface area contributed by atoms with Gasteiger partial charge in [-0.3, -0.25) is 9.59 Å². The quantitative estimate of drug-likeness (QED) is 0.696. The molecule has 9 nitrogen and oxygen atoms in total. The molecule has 0 atom stereocenters. The molecule has 31 heavy (non-hydrogen) atoms. The Hall–Kier alpha value is -3.18. The van der Waals surface area contributed by atoms with Crippen LogP contribution in [0.15, 0.2) is 41.3 Å². The highest BCUT2D eigenvalue weighted by Crippen LogP contribution is 2.32. The van der Waals surface area contributed by atoms with Gasteiger partial charge in [0.1, 0.15) is 5.82 Å². The molecule has 2 amide bonds. The molecular formula is C20H22FN3O6S. The second-order valence-electron chi connectivity index (χ2n) is 6.84.